The van der Waals surface area contributed by atoms with Gasteiger partial charge in [-0.05, 0) is 20.3 Å². The van der Waals surface area contributed by atoms with Crippen molar-refractivity contribution in [1.82, 2.24) is 0 Å². The molecule has 0 N–H and O–H groups in total. The lowest BCUT2D eigenvalue weighted by atomic mass is 10.2. The van der Waals surface area contributed by atoms with E-state index >= 15 is 0 Å². The molecule has 0 spiro atoms. The number of hydrogen-bond donors (Lipinski definition) is 0. The summed E-state index contributed by atoms with van der Waals surface area (Å²) in [5, 5.41) is 0.626. The molecule has 1 heterocycles. The highest BCUT2D eigenvalue weighted by Gasteiger charge is 2.15. The fourth-order valence-electron chi connectivity index (χ4n) is 1.57. The predicted molar refractivity (Wildman–Crippen MR) is 67.8 cm³/mol. The Hall–Kier alpha value is -0.370. The predicted octanol–water partition coefficient (Wildman–Crippen LogP) is 4.74. The molecule has 0 atom stereocenters. The maximum absolute atomic E-state index is 5.83. The second kappa shape index (κ2) is 5.64. The zero-order chi connectivity index (χ0) is 11.4. The smallest absolute Gasteiger partial charge is 0.117 e. The van der Waals surface area contributed by atoms with Crippen molar-refractivity contribution < 1.29 is 4.42 Å². The molecular weight excluding hydrogens is 204 g/mol. The van der Waals surface area contributed by atoms with E-state index in [1.165, 1.54) is 29.1 Å². The van der Waals surface area contributed by atoms with E-state index < -0.39 is 0 Å². The van der Waals surface area contributed by atoms with Crippen molar-refractivity contribution in [2.45, 2.75) is 64.0 Å². The van der Waals surface area contributed by atoms with Crippen LogP contribution < -0.4 is 0 Å². The lowest BCUT2D eigenvalue weighted by Crippen LogP contribution is -1.90. The van der Waals surface area contributed by atoms with Crippen LogP contribution in [0.2, 0.25) is 0 Å². The summed E-state index contributed by atoms with van der Waals surface area (Å²) < 4.78 is 5.83. The first kappa shape index (κ1) is 12.7. The summed E-state index contributed by atoms with van der Waals surface area (Å²) in [6.07, 6.45) is 3.53. The normalized spacial score (nSPS) is 11.3. The van der Waals surface area contributed by atoms with Crippen LogP contribution in [0.4, 0.5) is 0 Å². The standard InChI is InChI=1S/C13H22OS/c1-6-7-8-12-13(15-9(2)3)10(4)11(5)14-12/h9H,6-8H2,1-5H3. The van der Waals surface area contributed by atoms with E-state index in [0.29, 0.717) is 5.25 Å². The Kier molecular flexibility index (Phi) is 4.78. The van der Waals surface area contributed by atoms with Gasteiger partial charge in [-0.25, -0.2) is 0 Å². The minimum atomic E-state index is 0.626. The molecule has 0 aromatic carbocycles. The second-order valence-corrected chi connectivity index (χ2v) is 5.89. The zero-order valence-electron chi connectivity index (χ0n) is 10.5. The molecule has 1 rings (SSSR count). The third-order valence-electron chi connectivity index (χ3n) is 2.51. The molecule has 0 saturated carbocycles. The Labute approximate surface area is 97.6 Å². The van der Waals surface area contributed by atoms with Gasteiger partial charge in [0.1, 0.15) is 11.5 Å². The van der Waals surface area contributed by atoms with Crippen molar-refractivity contribution in [3.05, 3.63) is 17.1 Å². The number of unbranched alkanes of at least 4 members (excludes halogenated alkanes) is 1. The van der Waals surface area contributed by atoms with Crippen molar-refractivity contribution in [1.29, 1.82) is 0 Å². The summed E-state index contributed by atoms with van der Waals surface area (Å²) in [6.45, 7) is 10.9. The van der Waals surface area contributed by atoms with Gasteiger partial charge in [-0.1, -0.05) is 27.2 Å². The molecule has 1 aromatic rings. The quantitative estimate of drug-likeness (QED) is 0.673. The van der Waals surface area contributed by atoms with E-state index in [2.05, 4.69) is 34.6 Å². The van der Waals surface area contributed by atoms with Gasteiger partial charge in [0.05, 0.1) is 4.90 Å². The molecule has 0 unspecified atom stereocenters. The monoisotopic (exact) mass is 226 g/mol. The van der Waals surface area contributed by atoms with E-state index in [1.54, 1.807) is 0 Å². The average molecular weight is 226 g/mol. The first-order valence-electron chi connectivity index (χ1n) is 5.81. The molecule has 0 radical (unpaired) electrons. The molecule has 0 fully saturated rings. The van der Waals surface area contributed by atoms with Crippen molar-refractivity contribution >= 4 is 11.8 Å². The van der Waals surface area contributed by atoms with Gasteiger partial charge in [-0.2, -0.15) is 0 Å². The summed E-state index contributed by atoms with van der Waals surface area (Å²) in [5.74, 6) is 2.29. The average Bonchev–Trinajstić information content (AvgIpc) is 2.42. The van der Waals surface area contributed by atoms with Gasteiger partial charge in [0, 0.05) is 17.2 Å². The lowest BCUT2D eigenvalue weighted by Gasteiger charge is -2.06. The topological polar surface area (TPSA) is 13.1 Å². The largest absolute Gasteiger partial charge is 0.465 e. The molecule has 2 heteroatoms. The fourth-order valence-corrected chi connectivity index (χ4v) is 2.64. The highest BCUT2D eigenvalue weighted by molar-refractivity contribution is 8.00. The molecule has 0 aliphatic rings. The fraction of sp³-hybridized carbons (Fsp3) is 0.692. The third kappa shape index (κ3) is 3.30. The van der Waals surface area contributed by atoms with Gasteiger partial charge in [-0.3, -0.25) is 0 Å². The van der Waals surface area contributed by atoms with Crippen LogP contribution in [-0.2, 0) is 6.42 Å². The number of rotatable bonds is 5. The summed E-state index contributed by atoms with van der Waals surface area (Å²) in [4.78, 5) is 1.39. The van der Waals surface area contributed by atoms with Gasteiger partial charge < -0.3 is 4.42 Å². The van der Waals surface area contributed by atoms with E-state index in [4.69, 9.17) is 4.42 Å². The summed E-state index contributed by atoms with van der Waals surface area (Å²) >= 11 is 1.93. The number of thioether (sulfide) groups is 1. The number of hydrogen-bond acceptors (Lipinski definition) is 2. The van der Waals surface area contributed by atoms with Crippen molar-refractivity contribution in [3.8, 4) is 0 Å². The van der Waals surface area contributed by atoms with Gasteiger partial charge in [-0.15, -0.1) is 11.8 Å². The molecule has 1 nitrogen and oxygen atoms in total. The minimum Gasteiger partial charge on any atom is -0.465 e. The lowest BCUT2D eigenvalue weighted by molar-refractivity contribution is 0.468. The van der Waals surface area contributed by atoms with E-state index in [0.717, 1.165) is 12.2 Å². The molecule has 0 bridgehead atoms. The van der Waals surface area contributed by atoms with Crippen LogP contribution in [0.1, 0.15) is 50.7 Å². The first-order valence-corrected chi connectivity index (χ1v) is 6.69. The first-order chi connectivity index (χ1) is 7.06. The maximum atomic E-state index is 5.83. The summed E-state index contributed by atoms with van der Waals surface area (Å²) in [5.41, 5.74) is 1.33. The van der Waals surface area contributed by atoms with Crippen LogP contribution in [0.15, 0.2) is 9.31 Å². The Bertz CT molecular complexity index is 313. The molecule has 0 saturated heterocycles. The van der Waals surface area contributed by atoms with Crippen molar-refractivity contribution in [2.24, 2.45) is 0 Å². The molecular formula is C13H22OS. The molecule has 86 valence electrons. The van der Waals surface area contributed by atoms with Gasteiger partial charge in [0.15, 0.2) is 0 Å². The Morgan fingerprint density at radius 1 is 1.27 bits per heavy atom. The Morgan fingerprint density at radius 3 is 2.47 bits per heavy atom. The molecule has 0 aliphatic carbocycles. The molecule has 15 heavy (non-hydrogen) atoms. The summed E-state index contributed by atoms with van der Waals surface area (Å²) in [7, 11) is 0. The van der Waals surface area contributed by atoms with Crippen LogP contribution in [0.3, 0.4) is 0 Å². The molecule has 0 aliphatic heterocycles. The van der Waals surface area contributed by atoms with Crippen LogP contribution >= 0.6 is 11.8 Å². The van der Waals surface area contributed by atoms with Crippen molar-refractivity contribution in [3.63, 3.8) is 0 Å². The second-order valence-electron chi connectivity index (χ2n) is 4.31. The minimum absolute atomic E-state index is 0.626. The maximum Gasteiger partial charge on any atom is 0.117 e. The van der Waals surface area contributed by atoms with Crippen LogP contribution in [-0.4, -0.2) is 5.25 Å². The molecule has 0 amide bonds. The summed E-state index contributed by atoms with van der Waals surface area (Å²) in [6, 6.07) is 0. The van der Waals surface area contributed by atoms with Gasteiger partial charge in [0.25, 0.3) is 0 Å². The Morgan fingerprint density at radius 2 is 1.93 bits per heavy atom. The van der Waals surface area contributed by atoms with Gasteiger partial charge >= 0.3 is 0 Å². The highest BCUT2D eigenvalue weighted by atomic mass is 32.2. The highest BCUT2D eigenvalue weighted by Crippen LogP contribution is 2.34. The van der Waals surface area contributed by atoms with Crippen molar-refractivity contribution in [2.75, 3.05) is 0 Å². The van der Waals surface area contributed by atoms with Gasteiger partial charge in [0.2, 0.25) is 0 Å². The van der Waals surface area contributed by atoms with Crippen LogP contribution in [0.5, 0.6) is 0 Å². The van der Waals surface area contributed by atoms with E-state index in [-0.39, 0.29) is 0 Å². The number of aryl methyl sites for hydroxylation is 2. The van der Waals surface area contributed by atoms with E-state index in [9.17, 15) is 0 Å². The SMILES string of the molecule is CCCCc1oc(C)c(C)c1SC(C)C. The molecule has 1 aromatic heterocycles. The zero-order valence-corrected chi connectivity index (χ0v) is 11.3. The van der Waals surface area contributed by atoms with E-state index in [1.807, 2.05) is 11.8 Å². The third-order valence-corrected chi connectivity index (χ3v) is 3.75. The van der Waals surface area contributed by atoms with Crippen LogP contribution in [0.25, 0.3) is 0 Å². The number of furan rings is 1. The van der Waals surface area contributed by atoms with Crippen LogP contribution in [0, 0.1) is 13.8 Å². The Balaban J connectivity index is 2.88.